The van der Waals surface area contributed by atoms with E-state index >= 15 is 0 Å². The van der Waals surface area contributed by atoms with Crippen molar-refractivity contribution in [1.82, 2.24) is 20.3 Å². The Hall–Kier alpha value is -2.68. The molecule has 3 aromatic rings. The number of carbonyl (C=O) groups is 1. The van der Waals surface area contributed by atoms with E-state index in [-0.39, 0.29) is 17.4 Å². The molecule has 0 saturated carbocycles. The molecule has 4 heterocycles. The summed E-state index contributed by atoms with van der Waals surface area (Å²) in [7, 11) is 0. The maximum Gasteiger partial charge on any atom is 0.270 e. The SMILES string of the molecule is Cc1ccc(CNC(=O)C2CCCN(c3nc4nc[nH]c(=O)c4s3)C2)o1. The van der Waals surface area contributed by atoms with E-state index in [1.807, 2.05) is 19.1 Å². The summed E-state index contributed by atoms with van der Waals surface area (Å²) in [6, 6.07) is 3.75. The number of H-pyrrole nitrogens is 1. The quantitative estimate of drug-likeness (QED) is 0.723. The molecule has 4 rings (SSSR count). The van der Waals surface area contributed by atoms with Gasteiger partial charge in [0.2, 0.25) is 5.91 Å². The molecule has 1 amide bonds. The van der Waals surface area contributed by atoms with E-state index in [1.54, 1.807) is 0 Å². The number of fused-ring (bicyclic) bond motifs is 1. The first-order valence-corrected chi connectivity index (χ1v) is 9.34. The molecule has 0 aromatic carbocycles. The molecule has 9 heteroatoms. The monoisotopic (exact) mass is 373 g/mol. The Kier molecular flexibility index (Phi) is 4.46. The van der Waals surface area contributed by atoms with Crippen LogP contribution >= 0.6 is 11.3 Å². The van der Waals surface area contributed by atoms with E-state index in [4.69, 9.17) is 4.42 Å². The molecule has 0 radical (unpaired) electrons. The van der Waals surface area contributed by atoms with E-state index in [2.05, 4.69) is 25.2 Å². The van der Waals surface area contributed by atoms with Crippen LogP contribution in [0.1, 0.15) is 24.4 Å². The average molecular weight is 373 g/mol. The third-order valence-corrected chi connectivity index (χ3v) is 5.59. The second-order valence-electron chi connectivity index (χ2n) is 6.40. The van der Waals surface area contributed by atoms with Gasteiger partial charge in [-0.25, -0.2) is 4.98 Å². The molecule has 1 aliphatic heterocycles. The molecule has 8 nitrogen and oxygen atoms in total. The zero-order chi connectivity index (χ0) is 18.1. The lowest BCUT2D eigenvalue weighted by Gasteiger charge is -2.31. The lowest BCUT2D eigenvalue weighted by molar-refractivity contribution is -0.125. The standard InChI is InChI=1S/C17H19N5O3S/c1-10-4-5-12(25-10)7-18-15(23)11-3-2-6-22(8-11)17-21-14-13(26-17)16(24)20-9-19-14/h4-5,9,11H,2-3,6-8H2,1H3,(H,18,23)(H,19,20,24). The van der Waals surface area contributed by atoms with Crippen LogP contribution in [-0.2, 0) is 11.3 Å². The number of carbonyl (C=O) groups excluding carboxylic acids is 1. The Morgan fingerprint density at radius 3 is 3.15 bits per heavy atom. The van der Waals surface area contributed by atoms with Gasteiger partial charge in [-0.15, -0.1) is 0 Å². The number of piperidine rings is 1. The predicted molar refractivity (Wildman–Crippen MR) is 98.3 cm³/mol. The maximum absolute atomic E-state index is 12.5. The topological polar surface area (TPSA) is 104 Å². The number of aromatic nitrogens is 3. The van der Waals surface area contributed by atoms with Gasteiger partial charge in [-0.1, -0.05) is 11.3 Å². The zero-order valence-electron chi connectivity index (χ0n) is 14.3. The van der Waals surface area contributed by atoms with Crippen LogP contribution in [0.5, 0.6) is 0 Å². The van der Waals surface area contributed by atoms with E-state index in [0.29, 0.717) is 23.4 Å². The summed E-state index contributed by atoms with van der Waals surface area (Å²) in [6.07, 6.45) is 3.10. The van der Waals surface area contributed by atoms with Crippen molar-refractivity contribution in [2.75, 3.05) is 18.0 Å². The first-order chi connectivity index (χ1) is 12.6. The number of aromatic amines is 1. The molecule has 2 N–H and O–H groups in total. The third kappa shape index (κ3) is 3.34. The van der Waals surface area contributed by atoms with Gasteiger partial charge in [0.25, 0.3) is 5.56 Å². The minimum absolute atomic E-state index is 0.0147. The highest BCUT2D eigenvalue weighted by Gasteiger charge is 2.27. The van der Waals surface area contributed by atoms with Crippen molar-refractivity contribution < 1.29 is 9.21 Å². The molecule has 1 saturated heterocycles. The molecular weight excluding hydrogens is 354 g/mol. The fourth-order valence-corrected chi connectivity index (χ4v) is 4.10. The lowest BCUT2D eigenvalue weighted by Crippen LogP contribution is -2.42. The third-order valence-electron chi connectivity index (χ3n) is 4.48. The molecule has 0 aliphatic carbocycles. The number of nitrogens with one attached hydrogen (secondary N) is 2. The summed E-state index contributed by atoms with van der Waals surface area (Å²) >= 11 is 1.32. The van der Waals surface area contributed by atoms with Crippen molar-refractivity contribution in [3.63, 3.8) is 0 Å². The molecule has 26 heavy (non-hydrogen) atoms. The number of nitrogens with zero attached hydrogens (tertiary/aromatic N) is 3. The highest BCUT2D eigenvalue weighted by atomic mass is 32.1. The zero-order valence-corrected chi connectivity index (χ0v) is 15.1. The largest absolute Gasteiger partial charge is 0.465 e. The Bertz CT molecular complexity index is 992. The van der Waals surface area contributed by atoms with E-state index in [9.17, 15) is 9.59 Å². The molecule has 0 spiro atoms. The number of anilines is 1. The Morgan fingerprint density at radius 1 is 1.50 bits per heavy atom. The molecule has 3 aromatic heterocycles. The van der Waals surface area contributed by atoms with Crippen molar-refractivity contribution in [2.45, 2.75) is 26.3 Å². The highest BCUT2D eigenvalue weighted by Crippen LogP contribution is 2.29. The van der Waals surface area contributed by atoms with Crippen molar-refractivity contribution in [1.29, 1.82) is 0 Å². The number of thiazole rings is 1. The summed E-state index contributed by atoms with van der Waals surface area (Å²) in [5.74, 6) is 1.48. The van der Waals surface area contributed by atoms with Crippen LogP contribution in [0, 0.1) is 12.8 Å². The first kappa shape index (κ1) is 16.8. The Labute approximate surface area is 153 Å². The fraction of sp³-hybridized carbons (Fsp3) is 0.412. The highest BCUT2D eigenvalue weighted by molar-refractivity contribution is 7.22. The number of aryl methyl sites for hydroxylation is 1. The lowest BCUT2D eigenvalue weighted by atomic mass is 9.97. The van der Waals surface area contributed by atoms with E-state index < -0.39 is 0 Å². The predicted octanol–water partition coefficient (Wildman–Crippen LogP) is 1.81. The fourth-order valence-electron chi connectivity index (χ4n) is 3.15. The van der Waals surface area contributed by atoms with Crippen LogP contribution in [0.15, 0.2) is 27.7 Å². The second kappa shape index (κ2) is 6.91. The summed E-state index contributed by atoms with van der Waals surface area (Å²) in [6.45, 7) is 3.67. The van der Waals surface area contributed by atoms with Crippen LogP contribution in [0.2, 0.25) is 0 Å². The van der Waals surface area contributed by atoms with Crippen LogP contribution in [0.3, 0.4) is 0 Å². The average Bonchev–Trinajstić information content (AvgIpc) is 3.27. The minimum atomic E-state index is -0.182. The van der Waals surface area contributed by atoms with Crippen molar-refractivity contribution in [3.8, 4) is 0 Å². The summed E-state index contributed by atoms with van der Waals surface area (Å²) in [4.78, 5) is 37.6. The smallest absolute Gasteiger partial charge is 0.270 e. The number of furan rings is 1. The van der Waals surface area contributed by atoms with Crippen LogP contribution in [0.25, 0.3) is 10.3 Å². The van der Waals surface area contributed by atoms with Gasteiger partial charge >= 0.3 is 0 Å². The van der Waals surface area contributed by atoms with Gasteiger partial charge in [-0.05, 0) is 31.9 Å². The van der Waals surface area contributed by atoms with Gasteiger partial charge in [-0.3, -0.25) is 9.59 Å². The van der Waals surface area contributed by atoms with Crippen LogP contribution < -0.4 is 15.8 Å². The second-order valence-corrected chi connectivity index (χ2v) is 7.37. The van der Waals surface area contributed by atoms with Gasteiger partial charge in [0.1, 0.15) is 16.2 Å². The molecule has 136 valence electrons. The molecule has 1 unspecified atom stereocenters. The maximum atomic E-state index is 12.5. The first-order valence-electron chi connectivity index (χ1n) is 8.52. The molecular formula is C17H19N5O3S. The summed E-state index contributed by atoms with van der Waals surface area (Å²) < 4.78 is 6.00. The molecule has 1 fully saturated rings. The Balaban J connectivity index is 1.43. The number of amides is 1. The van der Waals surface area contributed by atoms with Gasteiger partial charge < -0.3 is 19.6 Å². The van der Waals surface area contributed by atoms with Gasteiger partial charge in [-0.2, -0.15) is 4.98 Å². The van der Waals surface area contributed by atoms with Crippen LogP contribution in [0.4, 0.5) is 5.13 Å². The van der Waals surface area contributed by atoms with Crippen molar-refractivity contribution in [2.24, 2.45) is 5.92 Å². The van der Waals surface area contributed by atoms with Crippen molar-refractivity contribution >= 4 is 32.7 Å². The summed E-state index contributed by atoms with van der Waals surface area (Å²) in [5, 5.41) is 3.69. The number of hydrogen-bond acceptors (Lipinski definition) is 7. The number of rotatable bonds is 4. The van der Waals surface area contributed by atoms with Crippen LogP contribution in [-0.4, -0.2) is 33.9 Å². The number of hydrogen-bond donors (Lipinski definition) is 2. The molecule has 0 bridgehead atoms. The minimum Gasteiger partial charge on any atom is -0.465 e. The van der Waals surface area contributed by atoms with E-state index in [0.717, 1.165) is 36.0 Å². The van der Waals surface area contributed by atoms with Gasteiger partial charge in [0.05, 0.1) is 18.8 Å². The van der Waals surface area contributed by atoms with Crippen molar-refractivity contribution in [3.05, 3.63) is 40.3 Å². The van der Waals surface area contributed by atoms with Gasteiger partial charge in [0, 0.05) is 13.1 Å². The van der Waals surface area contributed by atoms with Gasteiger partial charge in [0.15, 0.2) is 10.8 Å². The summed E-state index contributed by atoms with van der Waals surface area (Å²) in [5.41, 5.74) is 0.271. The van der Waals surface area contributed by atoms with E-state index in [1.165, 1.54) is 17.7 Å². The molecule has 1 aliphatic rings. The normalized spacial score (nSPS) is 17.6. The Morgan fingerprint density at radius 2 is 2.38 bits per heavy atom. The molecule has 1 atom stereocenters.